The molecule has 0 atom stereocenters. The third-order valence-electron chi connectivity index (χ3n) is 5.97. The van der Waals surface area contributed by atoms with Gasteiger partial charge in [0.15, 0.2) is 5.65 Å². The summed E-state index contributed by atoms with van der Waals surface area (Å²) in [5.41, 5.74) is 2.41. The number of amides is 2. The third kappa shape index (κ3) is 3.19. The molecule has 2 aromatic heterocycles. The zero-order chi connectivity index (χ0) is 24.5. The third-order valence-corrected chi connectivity index (χ3v) is 6.30. The van der Waals surface area contributed by atoms with Gasteiger partial charge in [-0.3, -0.25) is 9.59 Å². The monoisotopic (exact) mass is 484 g/mol. The molecule has 0 saturated carbocycles. The molecular weight excluding hydrogens is 469 g/mol. The standard InChI is InChI=1S/C24H16ClF3N4O2/c1-11-4-5-15(8-12(11)2)32-21-19(13(3)30-32)20-16(10-29-21)22(33)31(23(20)34)14-6-7-18(25)17(9-14)24(26,27)28/h4-10H,1-3H3. The normalized spacial score (nSPS) is 13.8. The van der Waals surface area contributed by atoms with Crippen LogP contribution >= 0.6 is 11.6 Å². The smallest absolute Gasteiger partial charge is 0.268 e. The minimum absolute atomic E-state index is 0.00347. The predicted molar refractivity (Wildman–Crippen MR) is 121 cm³/mol. The molecular formula is C24H16ClF3N4O2. The number of halogens is 4. The second-order valence-corrected chi connectivity index (χ2v) is 8.53. The maximum Gasteiger partial charge on any atom is 0.417 e. The lowest BCUT2D eigenvalue weighted by Gasteiger charge is -2.17. The molecule has 5 rings (SSSR count). The van der Waals surface area contributed by atoms with Crippen molar-refractivity contribution in [2.75, 3.05) is 4.90 Å². The van der Waals surface area contributed by atoms with Gasteiger partial charge in [-0.25, -0.2) is 14.6 Å². The molecule has 1 aliphatic heterocycles. The lowest BCUT2D eigenvalue weighted by Crippen LogP contribution is -2.29. The number of aryl methyl sites for hydroxylation is 3. The number of nitrogens with zero attached hydrogens (tertiary/aromatic N) is 4. The highest BCUT2D eigenvalue weighted by Crippen LogP contribution is 2.40. The van der Waals surface area contributed by atoms with Gasteiger partial charge >= 0.3 is 6.18 Å². The number of carbonyl (C=O) groups excluding carboxylic acids is 2. The molecule has 0 radical (unpaired) electrons. The van der Waals surface area contributed by atoms with Gasteiger partial charge in [0.25, 0.3) is 11.8 Å². The Hall–Kier alpha value is -3.72. The molecule has 0 aliphatic carbocycles. The summed E-state index contributed by atoms with van der Waals surface area (Å²) in [6.07, 6.45) is -3.48. The number of hydrogen-bond donors (Lipinski definition) is 0. The number of rotatable bonds is 2. The quantitative estimate of drug-likeness (QED) is 0.336. The van der Waals surface area contributed by atoms with Gasteiger partial charge in [-0.2, -0.15) is 18.3 Å². The number of anilines is 1. The number of aromatic nitrogens is 3. The van der Waals surface area contributed by atoms with E-state index in [1.165, 1.54) is 12.3 Å². The van der Waals surface area contributed by atoms with Crippen molar-refractivity contribution in [1.82, 2.24) is 14.8 Å². The maximum absolute atomic E-state index is 13.4. The predicted octanol–water partition coefficient (Wildman–Crippen LogP) is 5.82. The molecule has 1 aliphatic rings. The molecule has 0 N–H and O–H groups in total. The highest BCUT2D eigenvalue weighted by molar-refractivity contribution is 6.37. The van der Waals surface area contributed by atoms with E-state index in [1.807, 2.05) is 32.0 Å². The van der Waals surface area contributed by atoms with E-state index in [0.717, 1.165) is 22.9 Å². The molecule has 0 saturated heterocycles. The van der Waals surface area contributed by atoms with Crippen LogP contribution in [0.4, 0.5) is 18.9 Å². The maximum atomic E-state index is 13.4. The van der Waals surface area contributed by atoms with E-state index in [1.54, 1.807) is 11.6 Å². The van der Waals surface area contributed by atoms with E-state index in [2.05, 4.69) is 10.1 Å². The first-order chi connectivity index (χ1) is 16.0. The summed E-state index contributed by atoms with van der Waals surface area (Å²) in [4.78, 5) is 31.6. The van der Waals surface area contributed by atoms with Gasteiger partial charge in [-0.15, -0.1) is 0 Å². The van der Waals surface area contributed by atoms with Crippen molar-refractivity contribution >= 4 is 40.1 Å². The van der Waals surface area contributed by atoms with Crippen molar-refractivity contribution in [1.29, 1.82) is 0 Å². The molecule has 0 bridgehead atoms. The summed E-state index contributed by atoms with van der Waals surface area (Å²) >= 11 is 5.70. The Morgan fingerprint density at radius 2 is 1.62 bits per heavy atom. The number of pyridine rings is 1. The van der Waals surface area contributed by atoms with E-state index < -0.39 is 28.6 Å². The molecule has 172 valence electrons. The molecule has 0 fully saturated rings. The van der Waals surface area contributed by atoms with Crippen molar-refractivity contribution in [3.63, 3.8) is 0 Å². The lowest BCUT2D eigenvalue weighted by atomic mass is 10.1. The van der Waals surface area contributed by atoms with E-state index >= 15 is 0 Å². The SMILES string of the molecule is Cc1ccc(-n2nc(C)c3c4c(cnc32)C(=O)N(c2ccc(Cl)c(C(F)(F)F)c2)C4=O)cc1C. The van der Waals surface area contributed by atoms with E-state index in [4.69, 9.17) is 11.6 Å². The van der Waals surface area contributed by atoms with Crippen LogP contribution in [0.15, 0.2) is 42.6 Å². The largest absolute Gasteiger partial charge is 0.417 e. The first-order valence-corrected chi connectivity index (χ1v) is 10.6. The number of carbonyl (C=O) groups is 2. The van der Waals surface area contributed by atoms with Gasteiger partial charge in [0, 0.05) is 6.20 Å². The van der Waals surface area contributed by atoms with Gasteiger partial charge in [-0.05, 0) is 62.2 Å². The minimum atomic E-state index is -4.75. The second kappa shape index (κ2) is 7.39. The zero-order valence-corrected chi connectivity index (χ0v) is 18.9. The van der Waals surface area contributed by atoms with Crippen LogP contribution in [-0.4, -0.2) is 26.6 Å². The molecule has 4 aromatic rings. The number of hydrogen-bond acceptors (Lipinski definition) is 4. The molecule has 6 nitrogen and oxygen atoms in total. The highest BCUT2D eigenvalue weighted by atomic mass is 35.5. The van der Waals surface area contributed by atoms with Gasteiger partial charge in [0.1, 0.15) is 0 Å². The van der Waals surface area contributed by atoms with Gasteiger partial charge in [-0.1, -0.05) is 17.7 Å². The minimum Gasteiger partial charge on any atom is -0.268 e. The second-order valence-electron chi connectivity index (χ2n) is 8.12. The summed E-state index contributed by atoms with van der Waals surface area (Å²) in [6, 6.07) is 8.65. The van der Waals surface area contributed by atoms with Gasteiger partial charge in [0.2, 0.25) is 0 Å². The van der Waals surface area contributed by atoms with E-state index in [0.29, 0.717) is 27.7 Å². The van der Waals surface area contributed by atoms with Crippen molar-refractivity contribution in [2.45, 2.75) is 26.9 Å². The molecule has 2 aromatic carbocycles. The molecule has 34 heavy (non-hydrogen) atoms. The first-order valence-electron chi connectivity index (χ1n) is 10.2. The van der Waals surface area contributed by atoms with Crippen molar-refractivity contribution < 1.29 is 22.8 Å². The number of fused-ring (bicyclic) bond motifs is 3. The van der Waals surface area contributed by atoms with Crippen molar-refractivity contribution in [2.24, 2.45) is 0 Å². The summed E-state index contributed by atoms with van der Waals surface area (Å²) in [5.74, 6) is -1.51. The molecule has 0 spiro atoms. The molecule has 10 heteroatoms. The Morgan fingerprint density at radius 1 is 0.912 bits per heavy atom. The van der Waals surface area contributed by atoms with Gasteiger partial charge < -0.3 is 0 Å². The Labute approximate surface area is 196 Å². The topological polar surface area (TPSA) is 68.1 Å². The zero-order valence-electron chi connectivity index (χ0n) is 18.2. The first kappa shape index (κ1) is 22.1. The summed E-state index contributed by atoms with van der Waals surface area (Å²) in [5, 5.41) is 4.38. The number of benzene rings is 2. The Bertz CT molecular complexity index is 1540. The molecule has 0 unspecified atom stereocenters. The average Bonchev–Trinajstić information content (AvgIpc) is 3.24. The summed E-state index contributed by atoms with van der Waals surface area (Å²) in [6.45, 7) is 5.63. The Kier molecular flexibility index (Phi) is 4.80. The fraction of sp³-hybridized carbons (Fsp3) is 0.167. The summed E-state index contributed by atoms with van der Waals surface area (Å²) in [7, 11) is 0. The van der Waals surface area contributed by atoms with Gasteiger partial charge in [0.05, 0.1) is 44.2 Å². The number of alkyl halides is 3. The fourth-order valence-corrected chi connectivity index (χ4v) is 4.33. The van der Waals surface area contributed by atoms with E-state index in [-0.39, 0.29) is 16.8 Å². The Balaban J connectivity index is 1.67. The van der Waals surface area contributed by atoms with Crippen LogP contribution < -0.4 is 4.90 Å². The van der Waals surface area contributed by atoms with E-state index in [9.17, 15) is 22.8 Å². The van der Waals surface area contributed by atoms with Crippen LogP contribution in [0.2, 0.25) is 5.02 Å². The summed E-state index contributed by atoms with van der Waals surface area (Å²) < 4.78 is 41.7. The lowest BCUT2D eigenvalue weighted by molar-refractivity contribution is -0.137. The van der Waals surface area contributed by atoms with Crippen molar-refractivity contribution in [3.05, 3.63) is 81.1 Å². The number of imide groups is 1. The van der Waals surface area contributed by atoms with Crippen LogP contribution in [0, 0.1) is 20.8 Å². The van der Waals surface area contributed by atoms with Crippen LogP contribution in [0.5, 0.6) is 0 Å². The van der Waals surface area contributed by atoms with Crippen LogP contribution in [0.25, 0.3) is 16.7 Å². The fourth-order valence-electron chi connectivity index (χ4n) is 4.10. The van der Waals surface area contributed by atoms with Crippen LogP contribution in [0.1, 0.15) is 43.1 Å². The highest BCUT2D eigenvalue weighted by Gasteiger charge is 2.41. The molecule has 3 heterocycles. The molecule has 2 amide bonds. The average molecular weight is 485 g/mol. The van der Waals surface area contributed by atoms with Crippen LogP contribution in [0.3, 0.4) is 0 Å². The van der Waals surface area contributed by atoms with Crippen molar-refractivity contribution in [3.8, 4) is 5.69 Å². The van der Waals surface area contributed by atoms with Crippen LogP contribution in [-0.2, 0) is 6.18 Å². The Morgan fingerprint density at radius 3 is 2.29 bits per heavy atom.